The van der Waals surface area contributed by atoms with Crippen LogP contribution in [-0.2, 0) is 0 Å². The van der Waals surface area contributed by atoms with Crippen LogP contribution < -0.4 is 0 Å². The van der Waals surface area contributed by atoms with Gasteiger partial charge in [-0.05, 0) is 48.9 Å². The lowest BCUT2D eigenvalue weighted by Crippen LogP contribution is -1.93. The quantitative estimate of drug-likeness (QED) is 0.349. The van der Waals surface area contributed by atoms with Gasteiger partial charge in [0.15, 0.2) is 0 Å². The first-order chi connectivity index (χ1) is 12.5. The van der Waals surface area contributed by atoms with Crippen LogP contribution in [0, 0.1) is 17.0 Å². The SMILES string of the molecule is Cc1ccc(-c2ccc(C=C3Sc4ccccc4C3=O)o2)c([N+](=O)[O-])c1. The maximum Gasteiger partial charge on any atom is 0.280 e. The number of Topliss-reactive ketones (excluding diaryl/α,β-unsaturated/α-hetero) is 1. The van der Waals surface area contributed by atoms with E-state index >= 15 is 0 Å². The second kappa shape index (κ2) is 6.31. The molecule has 2 heterocycles. The van der Waals surface area contributed by atoms with Gasteiger partial charge in [-0.25, -0.2) is 0 Å². The molecule has 5 nitrogen and oxygen atoms in total. The molecule has 6 heteroatoms. The summed E-state index contributed by atoms with van der Waals surface area (Å²) in [4.78, 5) is 24.8. The Hall–Kier alpha value is -3.12. The summed E-state index contributed by atoms with van der Waals surface area (Å²) < 4.78 is 5.76. The van der Waals surface area contributed by atoms with E-state index in [0.29, 0.717) is 27.6 Å². The number of aryl methyl sites for hydroxylation is 1. The first kappa shape index (κ1) is 16.4. The summed E-state index contributed by atoms with van der Waals surface area (Å²) in [6, 6.07) is 15.8. The molecule has 26 heavy (non-hydrogen) atoms. The van der Waals surface area contributed by atoms with Crippen LogP contribution in [-0.4, -0.2) is 10.7 Å². The van der Waals surface area contributed by atoms with Gasteiger partial charge in [-0.1, -0.05) is 30.0 Å². The molecule has 0 amide bonds. The lowest BCUT2D eigenvalue weighted by atomic mass is 10.1. The molecule has 2 aromatic carbocycles. The van der Waals surface area contributed by atoms with Crippen molar-refractivity contribution in [2.75, 3.05) is 0 Å². The van der Waals surface area contributed by atoms with Crippen molar-refractivity contribution < 1.29 is 14.1 Å². The van der Waals surface area contributed by atoms with Gasteiger partial charge >= 0.3 is 0 Å². The second-order valence-electron chi connectivity index (χ2n) is 5.92. The number of hydrogen-bond acceptors (Lipinski definition) is 5. The maximum atomic E-state index is 12.4. The molecule has 0 bridgehead atoms. The van der Waals surface area contributed by atoms with Crippen LogP contribution in [0.25, 0.3) is 17.4 Å². The average Bonchev–Trinajstić information content (AvgIpc) is 3.21. The van der Waals surface area contributed by atoms with E-state index < -0.39 is 4.92 Å². The van der Waals surface area contributed by atoms with Crippen LogP contribution in [0.3, 0.4) is 0 Å². The standard InChI is InChI=1S/C20H13NO4S/c1-12-6-8-14(16(10-12)21(23)24)17-9-7-13(25-17)11-19-20(22)15-4-2-3-5-18(15)26-19/h2-11H,1H3. The van der Waals surface area contributed by atoms with Gasteiger partial charge < -0.3 is 4.42 Å². The summed E-state index contributed by atoms with van der Waals surface area (Å²) in [5, 5.41) is 11.3. The first-order valence-corrected chi connectivity index (χ1v) is 8.73. The summed E-state index contributed by atoms with van der Waals surface area (Å²) in [6.07, 6.45) is 1.68. The Morgan fingerprint density at radius 2 is 1.88 bits per heavy atom. The average molecular weight is 363 g/mol. The van der Waals surface area contributed by atoms with Crippen molar-refractivity contribution in [3.05, 3.63) is 86.5 Å². The van der Waals surface area contributed by atoms with Crippen LogP contribution in [0.5, 0.6) is 0 Å². The summed E-state index contributed by atoms with van der Waals surface area (Å²) >= 11 is 1.40. The topological polar surface area (TPSA) is 73.3 Å². The Labute approximate surface area is 153 Å². The highest BCUT2D eigenvalue weighted by molar-refractivity contribution is 8.04. The molecule has 128 valence electrons. The van der Waals surface area contributed by atoms with Gasteiger partial charge in [-0.3, -0.25) is 14.9 Å². The van der Waals surface area contributed by atoms with E-state index in [0.717, 1.165) is 10.5 Å². The van der Waals surface area contributed by atoms with Gasteiger partial charge in [-0.2, -0.15) is 0 Å². The van der Waals surface area contributed by atoms with E-state index in [9.17, 15) is 14.9 Å². The highest BCUT2D eigenvalue weighted by atomic mass is 32.2. The third-order valence-corrected chi connectivity index (χ3v) is 5.19. The van der Waals surface area contributed by atoms with Crippen LogP contribution >= 0.6 is 11.8 Å². The third-order valence-electron chi connectivity index (χ3n) is 4.09. The van der Waals surface area contributed by atoms with Gasteiger partial charge in [0.1, 0.15) is 11.5 Å². The smallest absolute Gasteiger partial charge is 0.280 e. The van der Waals surface area contributed by atoms with Crippen molar-refractivity contribution in [1.82, 2.24) is 0 Å². The third kappa shape index (κ3) is 2.84. The van der Waals surface area contributed by atoms with Gasteiger partial charge in [0.2, 0.25) is 5.78 Å². The molecular weight excluding hydrogens is 350 g/mol. The highest BCUT2D eigenvalue weighted by Gasteiger charge is 2.26. The van der Waals surface area contributed by atoms with Crippen molar-refractivity contribution in [2.24, 2.45) is 0 Å². The van der Waals surface area contributed by atoms with Crippen molar-refractivity contribution in [2.45, 2.75) is 11.8 Å². The minimum absolute atomic E-state index is 0.00252. The Morgan fingerprint density at radius 1 is 1.08 bits per heavy atom. The number of nitro benzene ring substituents is 1. The number of allylic oxidation sites excluding steroid dienone is 1. The maximum absolute atomic E-state index is 12.4. The van der Waals surface area contributed by atoms with Crippen LogP contribution in [0.2, 0.25) is 0 Å². The second-order valence-corrected chi connectivity index (χ2v) is 7.00. The first-order valence-electron chi connectivity index (χ1n) is 7.91. The Kier molecular flexibility index (Phi) is 3.97. The molecule has 0 N–H and O–H groups in total. The Balaban J connectivity index is 1.69. The number of carbonyl (C=O) groups is 1. The fourth-order valence-electron chi connectivity index (χ4n) is 2.84. The molecule has 0 radical (unpaired) electrons. The molecule has 1 aromatic heterocycles. The number of nitro groups is 1. The van der Waals surface area contributed by atoms with Gasteiger partial charge in [-0.15, -0.1) is 0 Å². The monoisotopic (exact) mass is 363 g/mol. The number of hydrogen-bond donors (Lipinski definition) is 0. The largest absolute Gasteiger partial charge is 0.456 e. The minimum atomic E-state index is -0.421. The van der Waals surface area contributed by atoms with Crippen molar-refractivity contribution in [3.8, 4) is 11.3 Å². The van der Waals surface area contributed by atoms with Crippen molar-refractivity contribution in [1.29, 1.82) is 0 Å². The summed E-state index contributed by atoms with van der Waals surface area (Å²) in [5.74, 6) is 0.847. The lowest BCUT2D eigenvalue weighted by Gasteiger charge is -2.01. The molecule has 0 spiro atoms. The van der Waals surface area contributed by atoms with Gasteiger partial charge in [0.05, 0.1) is 15.4 Å². The number of rotatable bonds is 3. The number of furan rings is 1. The summed E-state index contributed by atoms with van der Waals surface area (Å²) in [7, 11) is 0. The molecule has 3 aromatic rings. The van der Waals surface area contributed by atoms with E-state index in [4.69, 9.17) is 4.42 Å². The Morgan fingerprint density at radius 3 is 2.65 bits per heavy atom. The normalized spacial score (nSPS) is 14.7. The van der Waals surface area contributed by atoms with E-state index in [2.05, 4.69) is 0 Å². The predicted molar refractivity (Wildman–Crippen MR) is 100 cm³/mol. The number of ketones is 1. The number of fused-ring (bicyclic) bond motifs is 1. The zero-order valence-corrected chi connectivity index (χ0v) is 14.6. The van der Waals surface area contributed by atoms with E-state index in [1.807, 2.05) is 18.2 Å². The van der Waals surface area contributed by atoms with Gasteiger partial charge in [0.25, 0.3) is 5.69 Å². The molecule has 0 saturated carbocycles. The lowest BCUT2D eigenvalue weighted by molar-refractivity contribution is -0.384. The molecule has 1 aliphatic rings. The van der Waals surface area contributed by atoms with Crippen molar-refractivity contribution >= 4 is 29.3 Å². The summed E-state index contributed by atoms with van der Waals surface area (Å²) in [5.41, 5.74) is 1.90. The van der Waals surface area contributed by atoms with Gasteiger partial charge in [0, 0.05) is 16.5 Å². The molecule has 0 saturated heterocycles. The molecule has 0 fully saturated rings. The molecule has 0 aliphatic carbocycles. The number of carbonyl (C=O) groups excluding carboxylic acids is 1. The zero-order valence-electron chi connectivity index (χ0n) is 13.8. The van der Waals surface area contributed by atoms with E-state index in [1.165, 1.54) is 17.8 Å². The molecule has 0 atom stereocenters. The predicted octanol–water partition coefficient (Wildman–Crippen LogP) is 5.49. The molecule has 1 aliphatic heterocycles. The fraction of sp³-hybridized carbons (Fsp3) is 0.0500. The van der Waals surface area contributed by atoms with Crippen molar-refractivity contribution in [3.63, 3.8) is 0 Å². The van der Waals surface area contributed by atoms with Crippen LogP contribution in [0.15, 0.2) is 68.8 Å². The van der Waals surface area contributed by atoms with E-state index in [1.54, 1.807) is 43.3 Å². The van der Waals surface area contributed by atoms with Crippen LogP contribution in [0.1, 0.15) is 21.7 Å². The summed E-state index contributed by atoms with van der Waals surface area (Å²) in [6.45, 7) is 1.80. The molecule has 0 unspecified atom stereocenters. The number of nitrogens with zero attached hydrogens (tertiary/aromatic N) is 1. The Bertz CT molecular complexity index is 1080. The van der Waals surface area contributed by atoms with E-state index in [-0.39, 0.29) is 11.5 Å². The molecular formula is C20H13NO4S. The highest BCUT2D eigenvalue weighted by Crippen LogP contribution is 2.41. The zero-order chi connectivity index (χ0) is 18.3. The number of benzene rings is 2. The number of thioether (sulfide) groups is 1. The minimum Gasteiger partial charge on any atom is -0.456 e. The fourth-order valence-corrected chi connectivity index (χ4v) is 3.87. The molecule has 4 rings (SSSR count). The van der Waals surface area contributed by atoms with Crippen LogP contribution in [0.4, 0.5) is 5.69 Å².